The third-order valence-electron chi connectivity index (χ3n) is 5.09. The molecule has 0 atom stereocenters. The first-order chi connectivity index (χ1) is 15.1. The molecule has 4 rings (SSSR count). The van der Waals surface area contributed by atoms with Crippen molar-refractivity contribution in [2.45, 2.75) is 13.2 Å². The number of nitrogens with zero attached hydrogens (tertiary/aromatic N) is 4. The highest BCUT2D eigenvalue weighted by atomic mass is 32.1. The van der Waals surface area contributed by atoms with Gasteiger partial charge in [0.25, 0.3) is 5.91 Å². The van der Waals surface area contributed by atoms with Crippen LogP contribution in [0.4, 0.5) is 5.69 Å². The summed E-state index contributed by atoms with van der Waals surface area (Å²) >= 11 is 1.37. The van der Waals surface area contributed by atoms with Crippen molar-refractivity contribution >= 4 is 22.9 Å². The van der Waals surface area contributed by atoms with Crippen LogP contribution in [0, 0.1) is 10.1 Å². The molecular formula is C22H22N4O4S. The van der Waals surface area contributed by atoms with E-state index in [1.54, 1.807) is 24.4 Å². The predicted molar refractivity (Wildman–Crippen MR) is 117 cm³/mol. The largest absolute Gasteiger partial charge is 0.482 e. The highest BCUT2D eigenvalue weighted by Gasteiger charge is 2.23. The van der Waals surface area contributed by atoms with Gasteiger partial charge in [-0.25, -0.2) is 0 Å². The van der Waals surface area contributed by atoms with Crippen molar-refractivity contribution in [2.24, 2.45) is 0 Å². The maximum atomic E-state index is 12.9. The van der Waals surface area contributed by atoms with Gasteiger partial charge in [0.15, 0.2) is 5.75 Å². The van der Waals surface area contributed by atoms with E-state index in [1.165, 1.54) is 17.4 Å². The quantitative estimate of drug-likeness (QED) is 0.414. The zero-order valence-corrected chi connectivity index (χ0v) is 17.7. The van der Waals surface area contributed by atoms with Crippen LogP contribution in [0.25, 0.3) is 0 Å². The van der Waals surface area contributed by atoms with Crippen LogP contribution in [0.1, 0.15) is 20.9 Å². The number of benzene rings is 1. The van der Waals surface area contributed by atoms with Gasteiger partial charge in [-0.15, -0.1) is 11.3 Å². The summed E-state index contributed by atoms with van der Waals surface area (Å²) in [6.07, 6.45) is 1.79. The summed E-state index contributed by atoms with van der Waals surface area (Å²) in [5, 5.41) is 13.0. The van der Waals surface area contributed by atoms with Crippen LogP contribution in [0.15, 0.2) is 60.1 Å². The number of para-hydroxylation sites is 2. The van der Waals surface area contributed by atoms with E-state index in [9.17, 15) is 14.9 Å². The molecule has 8 nitrogen and oxygen atoms in total. The fourth-order valence-corrected chi connectivity index (χ4v) is 4.30. The van der Waals surface area contributed by atoms with Crippen molar-refractivity contribution in [1.82, 2.24) is 14.8 Å². The van der Waals surface area contributed by atoms with Gasteiger partial charge >= 0.3 is 5.69 Å². The number of carbonyl (C=O) groups is 1. The molecule has 0 unspecified atom stereocenters. The molecule has 3 aromatic rings. The first-order valence-electron chi connectivity index (χ1n) is 9.95. The SMILES string of the molecule is O=C(c1cc(COc2ccccc2[N+](=O)[O-])cs1)N1CCN(Cc2ccccn2)CC1. The number of thiophene rings is 1. The van der Waals surface area contributed by atoms with Crippen LogP contribution in [-0.2, 0) is 13.2 Å². The van der Waals surface area contributed by atoms with Crippen LogP contribution in [-0.4, -0.2) is 51.8 Å². The van der Waals surface area contributed by atoms with Crippen LogP contribution in [0.3, 0.4) is 0 Å². The molecule has 1 aliphatic rings. The van der Waals surface area contributed by atoms with E-state index in [-0.39, 0.29) is 24.0 Å². The van der Waals surface area contributed by atoms with Gasteiger partial charge in [-0.1, -0.05) is 18.2 Å². The molecule has 160 valence electrons. The number of ether oxygens (including phenoxy) is 1. The van der Waals surface area contributed by atoms with E-state index in [2.05, 4.69) is 9.88 Å². The number of aromatic nitrogens is 1. The lowest BCUT2D eigenvalue weighted by Gasteiger charge is -2.34. The van der Waals surface area contributed by atoms with E-state index in [0.717, 1.165) is 30.9 Å². The number of carbonyl (C=O) groups excluding carboxylic acids is 1. The van der Waals surface area contributed by atoms with Gasteiger partial charge in [0.05, 0.1) is 15.5 Å². The monoisotopic (exact) mass is 438 g/mol. The molecule has 3 heterocycles. The Labute approximate surface area is 183 Å². The van der Waals surface area contributed by atoms with E-state index in [1.807, 2.05) is 34.5 Å². The maximum Gasteiger partial charge on any atom is 0.310 e. The summed E-state index contributed by atoms with van der Waals surface area (Å²) in [5.41, 5.74) is 1.78. The van der Waals surface area contributed by atoms with Crippen molar-refractivity contribution < 1.29 is 14.5 Å². The Hall–Kier alpha value is -3.30. The molecule has 1 aliphatic heterocycles. The van der Waals surface area contributed by atoms with Gasteiger partial charge in [0.1, 0.15) is 6.61 Å². The molecule has 0 spiro atoms. The number of pyridine rings is 1. The number of piperazine rings is 1. The maximum absolute atomic E-state index is 12.9. The summed E-state index contributed by atoms with van der Waals surface area (Å²) in [7, 11) is 0. The van der Waals surface area contributed by atoms with Gasteiger partial charge in [-0.2, -0.15) is 0 Å². The number of hydrogen-bond donors (Lipinski definition) is 0. The van der Waals surface area contributed by atoms with Gasteiger partial charge < -0.3 is 9.64 Å². The van der Waals surface area contributed by atoms with Crippen LogP contribution >= 0.6 is 11.3 Å². The van der Waals surface area contributed by atoms with Crippen molar-refractivity contribution in [3.05, 3.63) is 86.4 Å². The third-order valence-corrected chi connectivity index (χ3v) is 6.06. The summed E-state index contributed by atoms with van der Waals surface area (Å²) in [6, 6.07) is 14.0. The van der Waals surface area contributed by atoms with Crippen molar-refractivity contribution in [3.8, 4) is 5.75 Å². The fraction of sp³-hybridized carbons (Fsp3) is 0.273. The minimum atomic E-state index is -0.467. The predicted octanol–water partition coefficient (Wildman–Crippen LogP) is 3.59. The van der Waals surface area contributed by atoms with Gasteiger partial charge in [-0.05, 0) is 29.6 Å². The Kier molecular flexibility index (Phi) is 6.54. The summed E-state index contributed by atoms with van der Waals surface area (Å²) < 4.78 is 5.62. The molecule has 0 bridgehead atoms. The number of nitro benzene ring substituents is 1. The lowest BCUT2D eigenvalue weighted by Crippen LogP contribution is -2.48. The van der Waals surface area contributed by atoms with Crippen molar-refractivity contribution in [1.29, 1.82) is 0 Å². The average Bonchev–Trinajstić information content (AvgIpc) is 3.28. The number of amides is 1. The normalized spacial score (nSPS) is 14.4. The molecule has 2 aromatic heterocycles. The second-order valence-electron chi connectivity index (χ2n) is 7.22. The number of nitro groups is 1. The molecule has 1 amide bonds. The topological polar surface area (TPSA) is 88.8 Å². The van der Waals surface area contributed by atoms with Gasteiger partial charge in [0, 0.05) is 50.6 Å². The third kappa shape index (κ3) is 5.25. The van der Waals surface area contributed by atoms with Crippen molar-refractivity contribution in [2.75, 3.05) is 26.2 Å². The smallest absolute Gasteiger partial charge is 0.310 e. The van der Waals surface area contributed by atoms with Gasteiger partial charge in [0.2, 0.25) is 0 Å². The van der Waals surface area contributed by atoms with E-state index >= 15 is 0 Å². The molecule has 31 heavy (non-hydrogen) atoms. The van der Waals surface area contributed by atoms with Crippen LogP contribution in [0.2, 0.25) is 0 Å². The van der Waals surface area contributed by atoms with Gasteiger partial charge in [-0.3, -0.25) is 24.8 Å². The molecule has 0 radical (unpaired) electrons. The molecule has 0 saturated carbocycles. The van der Waals surface area contributed by atoms with E-state index < -0.39 is 4.92 Å². The fourth-order valence-electron chi connectivity index (χ4n) is 3.44. The molecule has 1 aromatic carbocycles. The molecular weight excluding hydrogens is 416 g/mol. The second kappa shape index (κ2) is 9.67. The highest BCUT2D eigenvalue weighted by Crippen LogP contribution is 2.27. The molecule has 9 heteroatoms. The van der Waals surface area contributed by atoms with Crippen LogP contribution in [0.5, 0.6) is 5.75 Å². The molecule has 0 aliphatic carbocycles. The minimum absolute atomic E-state index is 0.0134. The molecule has 1 fully saturated rings. The molecule has 1 saturated heterocycles. The van der Waals surface area contributed by atoms with Crippen molar-refractivity contribution in [3.63, 3.8) is 0 Å². The average molecular weight is 439 g/mol. The Morgan fingerprint density at radius 2 is 1.90 bits per heavy atom. The summed E-state index contributed by atoms with van der Waals surface area (Å²) in [5.74, 6) is 0.232. The Morgan fingerprint density at radius 1 is 1.13 bits per heavy atom. The lowest BCUT2D eigenvalue weighted by molar-refractivity contribution is -0.385. The van der Waals surface area contributed by atoms with E-state index in [0.29, 0.717) is 18.0 Å². The Balaban J connectivity index is 1.30. The molecule has 0 N–H and O–H groups in total. The Morgan fingerprint density at radius 3 is 2.65 bits per heavy atom. The first kappa shape index (κ1) is 21.0. The summed E-state index contributed by atoms with van der Waals surface area (Å²) in [4.78, 5) is 32.7. The zero-order chi connectivity index (χ0) is 21.6. The number of hydrogen-bond acceptors (Lipinski definition) is 7. The standard InChI is InChI=1S/C22H22N4O4S/c27-22(25-11-9-24(10-12-25)14-18-5-3-4-8-23-18)21-13-17(16-31-21)15-30-20-7-2-1-6-19(20)26(28)29/h1-8,13,16H,9-12,14-15H2. The summed E-state index contributed by atoms with van der Waals surface area (Å²) in [6.45, 7) is 3.92. The number of rotatable bonds is 7. The Bertz CT molecular complexity index is 1050. The lowest BCUT2D eigenvalue weighted by atomic mass is 10.2. The first-order valence-corrected chi connectivity index (χ1v) is 10.8. The van der Waals surface area contributed by atoms with Crippen LogP contribution < -0.4 is 4.74 Å². The second-order valence-corrected chi connectivity index (χ2v) is 8.13. The highest BCUT2D eigenvalue weighted by molar-refractivity contribution is 7.12. The van der Waals surface area contributed by atoms with E-state index in [4.69, 9.17) is 4.74 Å². The zero-order valence-electron chi connectivity index (χ0n) is 16.8. The minimum Gasteiger partial charge on any atom is -0.482 e.